The number of hydrogen-bond donors (Lipinski definition) is 1. The fourth-order valence-corrected chi connectivity index (χ4v) is 2.66. The van der Waals surface area contributed by atoms with Crippen LogP contribution < -0.4 is 5.32 Å². The molecular formula is C15H17ClN2O. The van der Waals surface area contributed by atoms with Gasteiger partial charge in [-0.1, -0.05) is 18.5 Å². The van der Waals surface area contributed by atoms with Gasteiger partial charge in [0.05, 0.1) is 30.1 Å². The van der Waals surface area contributed by atoms with Gasteiger partial charge in [-0.2, -0.15) is 0 Å². The molecule has 3 rings (SSSR count). The van der Waals surface area contributed by atoms with E-state index in [1.807, 2.05) is 18.2 Å². The first kappa shape index (κ1) is 12.7. The predicted molar refractivity (Wildman–Crippen MR) is 78.9 cm³/mol. The Morgan fingerprint density at radius 1 is 1.42 bits per heavy atom. The van der Waals surface area contributed by atoms with Gasteiger partial charge >= 0.3 is 0 Å². The Balaban J connectivity index is 2.21. The van der Waals surface area contributed by atoms with Gasteiger partial charge in [0.25, 0.3) is 0 Å². The van der Waals surface area contributed by atoms with Crippen molar-refractivity contribution in [2.75, 3.05) is 18.5 Å². The number of anilines is 1. The zero-order valence-corrected chi connectivity index (χ0v) is 11.8. The maximum atomic E-state index is 6.12. The summed E-state index contributed by atoms with van der Waals surface area (Å²) in [4.78, 5) is 4.75. The molecule has 3 nitrogen and oxygen atoms in total. The lowest BCUT2D eigenvalue weighted by atomic mass is 10.0. The van der Waals surface area contributed by atoms with Crippen LogP contribution in [0.15, 0.2) is 18.2 Å². The number of aromatic nitrogens is 1. The summed E-state index contributed by atoms with van der Waals surface area (Å²) < 4.78 is 5.58. The molecule has 1 aliphatic heterocycles. The quantitative estimate of drug-likeness (QED) is 0.926. The number of rotatable bonds is 3. The highest BCUT2D eigenvalue weighted by atomic mass is 35.5. The summed E-state index contributed by atoms with van der Waals surface area (Å²) in [6.45, 7) is 4.49. The molecule has 0 bridgehead atoms. The highest BCUT2D eigenvalue weighted by Gasteiger charge is 2.18. The first-order valence-electron chi connectivity index (χ1n) is 6.72. The van der Waals surface area contributed by atoms with E-state index >= 15 is 0 Å². The Morgan fingerprint density at radius 3 is 3.16 bits per heavy atom. The van der Waals surface area contributed by atoms with Gasteiger partial charge < -0.3 is 10.1 Å². The van der Waals surface area contributed by atoms with Crippen molar-refractivity contribution < 1.29 is 4.74 Å². The lowest BCUT2D eigenvalue weighted by Crippen LogP contribution is -2.15. The Hall–Kier alpha value is -1.32. The van der Waals surface area contributed by atoms with Crippen molar-refractivity contribution in [1.82, 2.24) is 4.98 Å². The SMILES string of the molecule is CCCNc1c2c(nc3ccc(Cl)cc13)CCOC2. The monoisotopic (exact) mass is 276 g/mol. The second kappa shape index (κ2) is 5.35. The van der Waals surface area contributed by atoms with Gasteiger partial charge in [-0.15, -0.1) is 0 Å². The second-order valence-corrected chi connectivity index (χ2v) is 5.24. The first-order valence-corrected chi connectivity index (χ1v) is 7.10. The van der Waals surface area contributed by atoms with Gasteiger partial charge in [0.2, 0.25) is 0 Å². The van der Waals surface area contributed by atoms with E-state index in [0.29, 0.717) is 6.61 Å². The minimum absolute atomic E-state index is 0.636. The largest absolute Gasteiger partial charge is 0.384 e. The van der Waals surface area contributed by atoms with Crippen molar-refractivity contribution in [3.8, 4) is 0 Å². The molecule has 1 N–H and O–H groups in total. The maximum absolute atomic E-state index is 6.12. The Morgan fingerprint density at radius 2 is 2.32 bits per heavy atom. The first-order chi connectivity index (χ1) is 9.29. The van der Waals surface area contributed by atoms with Crippen LogP contribution in [0, 0.1) is 0 Å². The maximum Gasteiger partial charge on any atom is 0.0755 e. The molecular weight excluding hydrogens is 260 g/mol. The van der Waals surface area contributed by atoms with E-state index in [1.54, 1.807) is 0 Å². The van der Waals surface area contributed by atoms with Gasteiger partial charge in [0, 0.05) is 28.9 Å². The third-order valence-electron chi connectivity index (χ3n) is 3.41. The minimum Gasteiger partial charge on any atom is -0.384 e. The molecule has 2 aromatic rings. The van der Waals surface area contributed by atoms with Gasteiger partial charge in [-0.25, -0.2) is 0 Å². The molecule has 0 unspecified atom stereocenters. The van der Waals surface area contributed by atoms with Crippen molar-refractivity contribution in [2.45, 2.75) is 26.4 Å². The molecule has 1 aromatic heterocycles. The molecule has 1 aromatic carbocycles. The van der Waals surface area contributed by atoms with Crippen LogP contribution in [-0.4, -0.2) is 18.1 Å². The molecule has 0 atom stereocenters. The van der Waals surface area contributed by atoms with E-state index in [1.165, 1.54) is 5.56 Å². The molecule has 4 heteroatoms. The van der Waals surface area contributed by atoms with Crippen LogP contribution in [0.2, 0.25) is 5.02 Å². The van der Waals surface area contributed by atoms with Crippen LogP contribution in [0.3, 0.4) is 0 Å². The van der Waals surface area contributed by atoms with Crippen LogP contribution in [0.5, 0.6) is 0 Å². The van der Waals surface area contributed by atoms with Gasteiger partial charge in [-0.05, 0) is 24.6 Å². The molecule has 100 valence electrons. The van der Waals surface area contributed by atoms with Gasteiger partial charge in [0.1, 0.15) is 0 Å². The Bertz CT molecular complexity index is 613. The molecule has 0 saturated carbocycles. The van der Waals surface area contributed by atoms with Crippen molar-refractivity contribution in [3.63, 3.8) is 0 Å². The molecule has 0 aliphatic carbocycles. The average Bonchev–Trinajstić information content (AvgIpc) is 2.44. The van der Waals surface area contributed by atoms with Crippen molar-refractivity contribution in [1.29, 1.82) is 0 Å². The zero-order chi connectivity index (χ0) is 13.2. The van der Waals surface area contributed by atoms with E-state index in [-0.39, 0.29) is 0 Å². The van der Waals surface area contributed by atoms with E-state index in [2.05, 4.69) is 12.2 Å². The summed E-state index contributed by atoms with van der Waals surface area (Å²) in [5.41, 5.74) is 4.49. The number of ether oxygens (including phenoxy) is 1. The smallest absolute Gasteiger partial charge is 0.0755 e. The highest BCUT2D eigenvalue weighted by Crippen LogP contribution is 2.33. The average molecular weight is 277 g/mol. The molecule has 0 amide bonds. The van der Waals surface area contributed by atoms with Crippen molar-refractivity contribution >= 4 is 28.2 Å². The van der Waals surface area contributed by atoms with Crippen LogP contribution in [0.1, 0.15) is 24.6 Å². The lowest BCUT2D eigenvalue weighted by molar-refractivity contribution is 0.110. The number of pyridine rings is 1. The standard InChI is InChI=1S/C15H17ClN2O/c1-2-6-17-15-11-8-10(16)3-4-13(11)18-14-5-7-19-9-12(14)15/h3-4,8H,2,5-7,9H2,1H3,(H,17,18). The van der Waals surface area contributed by atoms with Crippen molar-refractivity contribution in [2.24, 2.45) is 0 Å². The topological polar surface area (TPSA) is 34.2 Å². The van der Waals surface area contributed by atoms with Gasteiger partial charge in [0.15, 0.2) is 0 Å². The fraction of sp³-hybridized carbons (Fsp3) is 0.400. The summed E-state index contributed by atoms with van der Waals surface area (Å²) in [6.07, 6.45) is 1.97. The summed E-state index contributed by atoms with van der Waals surface area (Å²) in [5, 5.41) is 5.34. The second-order valence-electron chi connectivity index (χ2n) is 4.80. The van der Waals surface area contributed by atoms with Crippen LogP contribution in [0.4, 0.5) is 5.69 Å². The summed E-state index contributed by atoms with van der Waals surface area (Å²) in [5.74, 6) is 0. The number of nitrogens with one attached hydrogen (secondary N) is 1. The molecule has 0 fully saturated rings. The van der Waals surface area contributed by atoms with Gasteiger partial charge in [-0.3, -0.25) is 4.98 Å². The van der Waals surface area contributed by atoms with E-state index < -0.39 is 0 Å². The Kier molecular flexibility index (Phi) is 3.58. The van der Waals surface area contributed by atoms with E-state index in [4.69, 9.17) is 21.3 Å². The fourth-order valence-electron chi connectivity index (χ4n) is 2.48. The van der Waals surface area contributed by atoms with Crippen LogP contribution >= 0.6 is 11.6 Å². The number of nitrogens with zero attached hydrogens (tertiary/aromatic N) is 1. The number of hydrogen-bond acceptors (Lipinski definition) is 3. The number of halogens is 1. The molecule has 0 saturated heterocycles. The molecule has 2 heterocycles. The van der Waals surface area contributed by atoms with Crippen molar-refractivity contribution in [3.05, 3.63) is 34.5 Å². The lowest BCUT2D eigenvalue weighted by Gasteiger charge is -2.22. The summed E-state index contributed by atoms with van der Waals surface area (Å²) in [7, 11) is 0. The summed E-state index contributed by atoms with van der Waals surface area (Å²) >= 11 is 6.12. The molecule has 0 radical (unpaired) electrons. The molecule has 1 aliphatic rings. The molecule has 0 spiro atoms. The zero-order valence-electron chi connectivity index (χ0n) is 11.0. The third kappa shape index (κ3) is 2.40. The van der Waals surface area contributed by atoms with E-state index in [9.17, 15) is 0 Å². The van der Waals surface area contributed by atoms with Crippen LogP contribution in [-0.2, 0) is 17.8 Å². The predicted octanol–water partition coefficient (Wildman–Crippen LogP) is 3.78. The minimum atomic E-state index is 0.636. The third-order valence-corrected chi connectivity index (χ3v) is 3.65. The highest BCUT2D eigenvalue weighted by molar-refractivity contribution is 6.31. The summed E-state index contributed by atoms with van der Waals surface area (Å²) in [6, 6.07) is 5.87. The molecule has 19 heavy (non-hydrogen) atoms. The number of benzene rings is 1. The van der Waals surface area contributed by atoms with E-state index in [0.717, 1.165) is 53.3 Å². The Labute approximate surface area is 117 Å². The van der Waals surface area contributed by atoms with Crippen LogP contribution in [0.25, 0.3) is 10.9 Å². The number of fused-ring (bicyclic) bond motifs is 2. The normalized spacial score (nSPS) is 14.4.